The Morgan fingerprint density at radius 1 is 1.18 bits per heavy atom. The van der Waals surface area contributed by atoms with Gasteiger partial charge in [-0.15, -0.1) is 0 Å². The van der Waals surface area contributed by atoms with Crippen LogP contribution in [0.5, 0.6) is 0 Å². The average Bonchev–Trinajstić information content (AvgIpc) is 3.17. The van der Waals surface area contributed by atoms with Crippen molar-refractivity contribution in [1.29, 1.82) is 0 Å². The van der Waals surface area contributed by atoms with Crippen LogP contribution in [0.1, 0.15) is 23.2 Å². The van der Waals surface area contributed by atoms with Gasteiger partial charge in [-0.25, -0.2) is 0 Å². The molecule has 0 unspecified atom stereocenters. The third kappa shape index (κ3) is 3.05. The molecule has 116 valence electrons. The summed E-state index contributed by atoms with van der Waals surface area (Å²) in [5.74, 6) is -0.281. The fourth-order valence-corrected chi connectivity index (χ4v) is 2.98. The summed E-state index contributed by atoms with van der Waals surface area (Å²) in [6, 6.07) is 11.2. The van der Waals surface area contributed by atoms with Crippen LogP contribution >= 0.6 is 0 Å². The molecule has 0 aliphatic heterocycles. The molecule has 22 heavy (non-hydrogen) atoms. The van der Waals surface area contributed by atoms with E-state index in [-0.39, 0.29) is 24.5 Å². The standard InChI is InChI=1S/C17H20N2O3/c20-11-13-9-14(10-16(13)21)18-17(22)12-3-5-15(6-4-12)19-7-1-2-8-19/h1-8,13-14,16,20-21H,9-11H2,(H,18,22)/t13-,14+,16+/m0/s1. The van der Waals surface area contributed by atoms with E-state index in [2.05, 4.69) is 5.32 Å². The van der Waals surface area contributed by atoms with Crippen molar-refractivity contribution in [2.45, 2.75) is 25.0 Å². The highest BCUT2D eigenvalue weighted by atomic mass is 16.3. The molecule has 1 aromatic heterocycles. The van der Waals surface area contributed by atoms with Gasteiger partial charge >= 0.3 is 0 Å². The fraction of sp³-hybridized carbons (Fsp3) is 0.353. The van der Waals surface area contributed by atoms with E-state index in [0.29, 0.717) is 18.4 Å². The van der Waals surface area contributed by atoms with E-state index >= 15 is 0 Å². The molecule has 1 fully saturated rings. The van der Waals surface area contributed by atoms with Gasteiger partial charge in [0.1, 0.15) is 0 Å². The molecule has 1 aliphatic carbocycles. The third-order valence-corrected chi connectivity index (χ3v) is 4.26. The number of carbonyl (C=O) groups is 1. The first-order valence-electron chi connectivity index (χ1n) is 7.50. The van der Waals surface area contributed by atoms with Crippen molar-refractivity contribution in [1.82, 2.24) is 9.88 Å². The molecule has 1 amide bonds. The van der Waals surface area contributed by atoms with Crippen molar-refractivity contribution in [3.05, 3.63) is 54.4 Å². The van der Waals surface area contributed by atoms with Crippen LogP contribution in [0.25, 0.3) is 5.69 Å². The maximum absolute atomic E-state index is 12.2. The number of aromatic nitrogens is 1. The molecule has 1 heterocycles. The summed E-state index contributed by atoms with van der Waals surface area (Å²) in [6.07, 6.45) is 4.48. The lowest BCUT2D eigenvalue weighted by molar-refractivity contribution is 0.0903. The van der Waals surface area contributed by atoms with Gasteiger partial charge in [0.2, 0.25) is 0 Å². The Balaban J connectivity index is 1.63. The maximum atomic E-state index is 12.2. The van der Waals surface area contributed by atoms with Gasteiger partial charge in [0, 0.05) is 42.2 Å². The van der Waals surface area contributed by atoms with Gasteiger partial charge in [0.15, 0.2) is 0 Å². The molecule has 1 saturated carbocycles. The highest BCUT2D eigenvalue weighted by molar-refractivity contribution is 5.94. The highest BCUT2D eigenvalue weighted by Crippen LogP contribution is 2.26. The largest absolute Gasteiger partial charge is 0.396 e. The van der Waals surface area contributed by atoms with Gasteiger partial charge in [0.05, 0.1) is 6.10 Å². The minimum Gasteiger partial charge on any atom is -0.396 e. The molecular formula is C17H20N2O3. The van der Waals surface area contributed by atoms with Crippen molar-refractivity contribution >= 4 is 5.91 Å². The molecular weight excluding hydrogens is 280 g/mol. The van der Waals surface area contributed by atoms with Crippen LogP contribution in [0.4, 0.5) is 0 Å². The Morgan fingerprint density at radius 3 is 2.45 bits per heavy atom. The Labute approximate surface area is 129 Å². The van der Waals surface area contributed by atoms with Crippen LogP contribution in [0.15, 0.2) is 48.8 Å². The van der Waals surface area contributed by atoms with E-state index in [1.807, 2.05) is 41.2 Å². The second-order valence-corrected chi connectivity index (χ2v) is 5.79. The normalized spacial score (nSPS) is 24.4. The molecule has 1 aliphatic rings. The number of nitrogens with zero attached hydrogens (tertiary/aromatic N) is 1. The lowest BCUT2D eigenvalue weighted by atomic mass is 10.1. The first-order valence-corrected chi connectivity index (χ1v) is 7.50. The molecule has 0 radical (unpaired) electrons. The van der Waals surface area contributed by atoms with Crippen molar-refractivity contribution in [2.75, 3.05) is 6.61 Å². The summed E-state index contributed by atoms with van der Waals surface area (Å²) < 4.78 is 1.97. The summed E-state index contributed by atoms with van der Waals surface area (Å²) in [5.41, 5.74) is 1.59. The van der Waals surface area contributed by atoms with E-state index in [1.54, 1.807) is 12.1 Å². The second kappa shape index (κ2) is 6.34. The number of nitrogens with one attached hydrogen (secondary N) is 1. The highest BCUT2D eigenvalue weighted by Gasteiger charge is 2.33. The van der Waals surface area contributed by atoms with Crippen LogP contribution < -0.4 is 5.32 Å². The summed E-state index contributed by atoms with van der Waals surface area (Å²) in [4.78, 5) is 12.2. The zero-order valence-electron chi connectivity index (χ0n) is 12.2. The Bertz CT molecular complexity index is 622. The Morgan fingerprint density at radius 2 is 1.86 bits per heavy atom. The SMILES string of the molecule is O=C(N[C@@H]1C[C@@H](CO)[C@H](O)C1)c1ccc(-n2cccc2)cc1. The van der Waals surface area contributed by atoms with E-state index in [4.69, 9.17) is 5.11 Å². The topological polar surface area (TPSA) is 74.5 Å². The van der Waals surface area contributed by atoms with Crippen molar-refractivity contribution < 1.29 is 15.0 Å². The van der Waals surface area contributed by atoms with E-state index < -0.39 is 6.10 Å². The number of aliphatic hydroxyl groups is 2. The predicted octanol–water partition coefficient (Wildman–Crippen LogP) is 1.34. The smallest absolute Gasteiger partial charge is 0.251 e. The van der Waals surface area contributed by atoms with Crippen LogP contribution in [-0.2, 0) is 0 Å². The zero-order chi connectivity index (χ0) is 15.5. The quantitative estimate of drug-likeness (QED) is 0.797. The maximum Gasteiger partial charge on any atom is 0.251 e. The van der Waals surface area contributed by atoms with Crippen molar-refractivity contribution in [2.24, 2.45) is 5.92 Å². The van der Waals surface area contributed by atoms with Crippen LogP contribution in [-0.4, -0.2) is 39.4 Å². The molecule has 1 aromatic carbocycles. The summed E-state index contributed by atoms with van der Waals surface area (Å²) >= 11 is 0. The molecule has 3 rings (SSSR count). The fourth-order valence-electron chi connectivity index (χ4n) is 2.98. The van der Waals surface area contributed by atoms with Gasteiger partial charge in [0.25, 0.3) is 5.91 Å². The second-order valence-electron chi connectivity index (χ2n) is 5.79. The number of rotatable bonds is 4. The molecule has 3 atom stereocenters. The zero-order valence-corrected chi connectivity index (χ0v) is 12.2. The monoisotopic (exact) mass is 300 g/mol. The summed E-state index contributed by atoms with van der Waals surface area (Å²) in [7, 11) is 0. The van der Waals surface area contributed by atoms with E-state index in [0.717, 1.165) is 5.69 Å². The molecule has 0 spiro atoms. The lowest BCUT2D eigenvalue weighted by Crippen LogP contribution is -2.33. The number of benzene rings is 1. The van der Waals surface area contributed by atoms with Gasteiger partial charge in [-0.1, -0.05) is 0 Å². The lowest BCUT2D eigenvalue weighted by Gasteiger charge is -2.13. The van der Waals surface area contributed by atoms with Gasteiger partial charge in [-0.05, 0) is 49.2 Å². The molecule has 5 nitrogen and oxygen atoms in total. The Hall–Kier alpha value is -2.11. The number of amides is 1. The molecule has 0 saturated heterocycles. The summed E-state index contributed by atoms with van der Waals surface area (Å²) in [6.45, 7) is -0.0426. The number of carbonyl (C=O) groups excluding carboxylic acids is 1. The summed E-state index contributed by atoms with van der Waals surface area (Å²) in [5, 5.41) is 21.8. The third-order valence-electron chi connectivity index (χ3n) is 4.26. The van der Waals surface area contributed by atoms with E-state index in [9.17, 15) is 9.90 Å². The first kappa shape index (κ1) is 14.8. The number of hydrogen-bond acceptors (Lipinski definition) is 3. The average molecular weight is 300 g/mol. The molecule has 3 N–H and O–H groups in total. The molecule has 0 bridgehead atoms. The van der Waals surface area contributed by atoms with Crippen molar-refractivity contribution in [3.63, 3.8) is 0 Å². The molecule has 2 aromatic rings. The van der Waals surface area contributed by atoms with Crippen molar-refractivity contribution in [3.8, 4) is 5.69 Å². The van der Waals surface area contributed by atoms with Crippen LogP contribution in [0, 0.1) is 5.92 Å². The number of aliphatic hydroxyl groups excluding tert-OH is 2. The van der Waals surface area contributed by atoms with Gasteiger partial charge < -0.3 is 20.1 Å². The van der Waals surface area contributed by atoms with Gasteiger partial charge in [-0.3, -0.25) is 4.79 Å². The number of hydrogen-bond donors (Lipinski definition) is 3. The van der Waals surface area contributed by atoms with Gasteiger partial charge in [-0.2, -0.15) is 0 Å². The minimum atomic E-state index is -0.536. The van der Waals surface area contributed by atoms with E-state index in [1.165, 1.54) is 0 Å². The van der Waals surface area contributed by atoms with Crippen LogP contribution in [0.3, 0.4) is 0 Å². The van der Waals surface area contributed by atoms with Crippen LogP contribution in [0.2, 0.25) is 0 Å². The predicted molar refractivity (Wildman–Crippen MR) is 82.8 cm³/mol. The Kier molecular flexibility index (Phi) is 4.27. The first-order chi connectivity index (χ1) is 10.7. The molecule has 5 heteroatoms. The minimum absolute atomic E-state index is 0.0426.